The van der Waals surface area contributed by atoms with Gasteiger partial charge in [0.05, 0.1) is 5.41 Å². The van der Waals surface area contributed by atoms with Crippen molar-refractivity contribution in [1.82, 2.24) is 0 Å². The van der Waals surface area contributed by atoms with E-state index in [2.05, 4.69) is 21.2 Å². The molecule has 2 aromatic rings. The smallest absolute Gasteiger partial charge is 0.234 e. The average molecular weight is 334 g/mol. The SMILES string of the molecule is CC1(C)C(=O)Nc2ccc(C(=O)c3ccc(Br)o3)cc21. The molecule has 3 rings (SSSR count). The number of carbonyl (C=O) groups is 2. The number of ketones is 1. The zero-order chi connectivity index (χ0) is 14.5. The highest BCUT2D eigenvalue weighted by Crippen LogP contribution is 2.38. The maximum absolute atomic E-state index is 12.3. The lowest BCUT2D eigenvalue weighted by Crippen LogP contribution is -2.27. The van der Waals surface area contributed by atoms with Gasteiger partial charge >= 0.3 is 0 Å². The number of hydrogen-bond acceptors (Lipinski definition) is 3. The highest BCUT2D eigenvalue weighted by atomic mass is 79.9. The van der Waals surface area contributed by atoms with Crippen LogP contribution in [0, 0.1) is 0 Å². The van der Waals surface area contributed by atoms with Crippen molar-refractivity contribution in [2.75, 3.05) is 5.32 Å². The first-order valence-electron chi connectivity index (χ1n) is 6.15. The Morgan fingerprint density at radius 3 is 2.65 bits per heavy atom. The van der Waals surface area contributed by atoms with Gasteiger partial charge < -0.3 is 9.73 Å². The van der Waals surface area contributed by atoms with Gasteiger partial charge in [-0.2, -0.15) is 0 Å². The Bertz CT molecular complexity index is 730. The van der Waals surface area contributed by atoms with Crippen LogP contribution in [0.5, 0.6) is 0 Å². The van der Waals surface area contributed by atoms with Gasteiger partial charge in [-0.25, -0.2) is 0 Å². The van der Waals surface area contributed by atoms with Crippen molar-refractivity contribution in [1.29, 1.82) is 0 Å². The molecule has 2 heterocycles. The summed E-state index contributed by atoms with van der Waals surface area (Å²) >= 11 is 3.18. The fourth-order valence-electron chi connectivity index (χ4n) is 2.29. The summed E-state index contributed by atoms with van der Waals surface area (Å²) in [6, 6.07) is 8.50. The molecule has 1 aromatic heterocycles. The minimum atomic E-state index is -0.630. The summed E-state index contributed by atoms with van der Waals surface area (Å²) in [5, 5.41) is 2.82. The molecular weight excluding hydrogens is 322 g/mol. The number of rotatable bonds is 2. The number of benzene rings is 1. The minimum absolute atomic E-state index is 0.0576. The molecule has 20 heavy (non-hydrogen) atoms. The summed E-state index contributed by atoms with van der Waals surface area (Å²) in [5.74, 6) is 0.0124. The number of nitrogens with one attached hydrogen (secondary N) is 1. The molecule has 0 radical (unpaired) electrons. The second-order valence-corrected chi connectivity index (χ2v) is 6.05. The van der Waals surface area contributed by atoms with Crippen LogP contribution in [-0.2, 0) is 10.2 Å². The lowest BCUT2D eigenvalue weighted by atomic mass is 9.85. The van der Waals surface area contributed by atoms with Gasteiger partial charge in [-0.05, 0) is 65.7 Å². The molecule has 5 heteroatoms. The van der Waals surface area contributed by atoms with Crippen molar-refractivity contribution in [2.24, 2.45) is 0 Å². The Morgan fingerprint density at radius 2 is 2.00 bits per heavy atom. The van der Waals surface area contributed by atoms with E-state index in [1.54, 1.807) is 30.3 Å². The molecule has 0 saturated carbocycles. The molecular formula is C15H12BrNO3. The van der Waals surface area contributed by atoms with Crippen molar-refractivity contribution in [2.45, 2.75) is 19.3 Å². The third kappa shape index (κ3) is 1.89. The third-order valence-electron chi connectivity index (χ3n) is 3.57. The number of carbonyl (C=O) groups excluding carboxylic acids is 2. The first kappa shape index (κ1) is 13.1. The van der Waals surface area contributed by atoms with Crippen LogP contribution >= 0.6 is 15.9 Å². The van der Waals surface area contributed by atoms with Crippen LogP contribution in [0.25, 0.3) is 0 Å². The van der Waals surface area contributed by atoms with Gasteiger partial charge in [0.15, 0.2) is 10.4 Å². The van der Waals surface area contributed by atoms with E-state index in [9.17, 15) is 9.59 Å². The number of fused-ring (bicyclic) bond motifs is 1. The zero-order valence-electron chi connectivity index (χ0n) is 11.0. The molecule has 4 nitrogen and oxygen atoms in total. The van der Waals surface area contributed by atoms with E-state index >= 15 is 0 Å². The Hall–Kier alpha value is -1.88. The maximum Gasteiger partial charge on any atom is 0.234 e. The van der Waals surface area contributed by atoms with E-state index in [1.165, 1.54) is 0 Å². The first-order valence-corrected chi connectivity index (χ1v) is 6.95. The quantitative estimate of drug-likeness (QED) is 0.855. The number of hydrogen-bond donors (Lipinski definition) is 1. The summed E-state index contributed by atoms with van der Waals surface area (Å²) in [6.45, 7) is 3.68. The topological polar surface area (TPSA) is 59.3 Å². The zero-order valence-corrected chi connectivity index (χ0v) is 12.6. The lowest BCUT2D eigenvalue weighted by Gasteiger charge is -2.15. The maximum atomic E-state index is 12.3. The molecule has 1 N–H and O–H groups in total. The van der Waals surface area contributed by atoms with E-state index in [0.717, 1.165) is 11.3 Å². The number of halogens is 1. The molecule has 1 aliphatic rings. The van der Waals surface area contributed by atoms with Crippen molar-refractivity contribution < 1.29 is 14.0 Å². The Balaban J connectivity index is 2.04. The molecule has 1 amide bonds. The van der Waals surface area contributed by atoms with E-state index in [1.807, 2.05) is 13.8 Å². The fourth-order valence-corrected chi connectivity index (χ4v) is 2.60. The van der Waals surface area contributed by atoms with E-state index in [-0.39, 0.29) is 17.5 Å². The van der Waals surface area contributed by atoms with Crippen LogP contribution in [0.1, 0.15) is 35.5 Å². The van der Waals surface area contributed by atoms with Crippen LogP contribution in [0.4, 0.5) is 5.69 Å². The molecule has 1 aliphatic heterocycles. The molecule has 0 atom stereocenters. The second kappa shape index (κ2) is 4.31. The van der Waals surface area contributed by atoms with Gasteiger partial charge in [0.25, 0.3) is 0 Å². The van der Waals surface area contributed by atoms with Gasteiger partial charge in [0.2, 0.25) is 11.7 Å². The van der Waals surface area contributed by atoms with E-state index in [4.69, 9.17) is 4.42 Å². The van der Waals surface area contributed by atoms with Crippen molar-refractivity contribution >= 4 is 33.3 Å². The van der Waals surface area contributed by atoms with Gasteiger partial charge in [-0.3, -0.25) is 9.59 Å². The van der Waals surface area contributed by atoms with Gasteiger partial charge in [0, 0.05) is 11.3 Å². The molecule has 102 valence electrons. The van der Waals surface area contributed by atoms with Crippen molar-refractivity contribution in [3.63, 3.8) is 0 Å². The lowest BCUT2D eigenvalue weighted by molar-refractivity contribution is -0.119. The highest BCUT2D eigenvalue weighted by Gasteiger charge is 2.38. The van der Waals surface area contributed by atoms with Gasteiger partial charge in [-0.1, -0.05) is 0 Å². The summed E-state index contributed by atoms with van der Waals surface area (Å²) in [4.78, 5) is 24.2. The monoisotopic (exact) mass is 333 g/mol. The van der Waals surface area contributed by atoms with Crippen LogP contribution in [0.2, 0.25) is 0 Å². The second-order valence-electron chi connectivity index (χ2n) is 5.27. The molecule has 0 aliphatic carbocycles. The molecule has 0 saturated heterocycles. The van der Waals surface area contributed by atoms with Gasteiger partial charge in [-0.15, -0.1) is 0 Å². The minimum Gasteiger partial charge on any atom is -0.446 e. The molecule has 0 bridgehead atoms. The van der Waals surface area contributed by atoms with Crippen LogP contribution < -0.4 is 5.32 Å². The highest BCUT2D eigenvalue weighted by molar-refractivity contribution is 9.10. The van der Waals surface area contributed by atoms with Crippen LogP contribution in [0.3, 0.4) is 0 Å². The summed E-state index contributed by atoms with van der Waals surface area (Å²) < 4.78 is 5.79. The van der Waals surface area contributed by atoms with Crippen LogP contribution in [-0.4, -0.2) is 11.7 Å². The van der Waals surface area contributed by atoms with Gasteiger partial charge in [0.1, 0.15) is 0 Å². The first-order chi connectivity index (χ1) is 9.39. The summed E-state index contributed by atoms with van der Waals surface area (Å²) in [6.07, 6.45) is 0. The Morgan fingerprint density at radius 1 is 1.25 bits per heavy atom. The largest absolute Gasteiger partial charge is 0.446 e. The Labute approximate surface area is 124 Å². The predicted octanol–water partition coefficient (Wildman–Crippen LogP) is 3.50. The van der Waals surface area contributed by atoms with Crippen molar-refractivity contribution in [3.05, 3.63) is 51.9 Å². The number of anilines is 1. The van der Waals surface area contributed by atoms with E-state index in [0.29, 0.717) is 10.2 Å². The average Bonchev–Trinajstić information content (AvgIpc) is 2.92. The molecule has 0 fully saturated rings. The number of furan rings is 1. The third-order valence-corrected chi connectivity index (χ3v) is 3.99. The normalized spacial score (nSPS) is 15.8. The number of amides is 1. The van der Waals surface area contributed by atoms with Crippen LogP contribution in [0.15, 0.2) is 39.4 Å². The Kier molecular flexibility index (Phi) is 2.83. The molecule has 0 spiro atoms. The summed E-state index contributed by atoms with van der Waals surface area (Å²) in [5.41, 5.74) is 1.47. The van der Waals surface area contributed by atoms with E-state index < -0.39 is 5.41 Å². The molecule has 0 unspecified atom stereocenters. The standard InChI is InChI=1S/C15H12BrNO3/c1-15(2)9-7-8(3-4-10(9)17-14(15)19)13(18)11-5-6-12(16)20-11/h3-7H,1-2H3,(H,17,19). The molecule has 1 aromatic carbocycles. The predicted molar refractivity (Wildman–Crippen MR) is 77.9 cm³/mol. The van der Waals surface area contributed by atoms with Crippen molar-refractivity contribution in [3.8, 4) is 0 Å². The summed E-state index contributed by atoms with van der Waals surface area (Å²) in [7, 11) is 0. The fraction of sp³-hybridized carbons (Fsp3) is 0.200.